The minimum Gasteiger partial charge on any atom is -0.478 e. The number of carbonyl (C=O) groups excluding carboxylic acids is 1. The van der Waals surface area contributed by atoms with Gasteiger partial charge in [0.1, 0.15) is 11.4 Å². The highest BCUT2D eigenvalue weighted by Gasteiger charge is 2.40. The molecule has 20 heavy (non-hydrogen) atoms. The molecule has 1 aromatic rings. The smallest absolute Gasteiger partial charge is 0.340 e. The summed E-state index contributed by atoms with van der Waals surface area (Å²) >= 11 is 0. The normalized spacial score (nSPS) is 22.0. The van der Waals surface area contributed by atoms with Crippen LogP contribution >= 0.6 is 0 Å². The van der Waals surface area contributed by atoms with Crippen molar-refractivity contribution in [3.63, 3.8) is 0 Å². The van der Waals surface area contributed by atoms with Gasteiger partial charge in [0.15, 0.2) is 0 Å². The maximum atomic E-state index is 13.4. The lowest BCUT2D eigenvalue weighted by atomic mass is 9.89. The van der Waals surface area contributed by atoms with E-state index in [1.54, 1.807) is 11.8 Å². The first-order valence-corrected chi connectivity index (χ1v) is 6.12. The molecule has 0 aliphatic carbocycles. The summed E-state index contributed by atoms with van der Waals surface area (Å²) in [4.78, 5) is 24.4. The van der Waals surface area contributed by atoms with Crippen LogP contribution in [0.25, 0.3) is 0 Å². The Morgan fingerprint density at radius 3 is 2.60 bits per heavy atom. The third-order valence-electron chi connectivity index (χ3n) is 3.79. The number of halogens is 1. The molecule has 0 radical (unpaired) electrons. The van der Waals surface area contributed by atoms with Crippen molar-refractivity contribution in [2.45, 2.75) is 13.3 Å². The summed E-state index contributed by atoms with van der Waals surface area (Å²) in [7, 11) is 0. The monoisotopic (exact) mass is 281 g/mol. The number of hydrogen-bond acceptors (Lipinski definition) is 4. The van der Waals surface area contributed by atoms with Crippen molar-refractivity contribution in [2.75, 3.05) is 23.7 Å². The summed E-state index contributed by atoms with van der Waals surface area (Å²) in [5.41, 5.74) is 9.77. The van der Waals surface area contributed by atoms with Crippen LogP contribution in [0.3, 0.4) is 0 Å². The second kappa shape index (κ2) is 4.66. The second-order valence-electron chi connectivity index (χ2n) is 5.26. The zero-order chi connectivity index (χ0) is 15.1. The fourth-order valence-corrected chi connectivity index (χ4v) is 2.44. The average molecular weight is 281 g/mol. The summed E-state index contributed by atoms with van der Waals surface area (Å²) in [5, 5.41) is 9.21. The van der Waals surface area contributed by atoms with Crippen molar-refractivity contribution in [3.05, 3.63) is 23.5 Å². The zero-order valence-electron chi connectivity index (χ0n) is 11.0. The molecule has 6 nitrogen and oxygen atoms in total. The van der Waals surface area contributed by atoms with Gasteiger partial charge in [-0.3, -0.25) is 4.79 Å². The van der Waals surface area contributed by atoms with Gasteiger partial charge in [-0.05, 0) is 25.5 Å². The van der Waals surface area contributed by atoms with Gasteiger partial charge in [0, 0.05) is 13.1 Å². The molecule has 7 heteroatoms. The Kier molecular flexibility index (Phi) is 3.29. The molecule has 1 unspecified atom stereocenters. The minimum atomic E-state index is -1.30. The molecule has 0 aromatic heterocycles. The van der Waals surface area contributed by atoms with E-state index < -0.39 is 28.8 Å². The molecule has 1 saturated heterocycles. The van der Waals surface area contributed by atoms with Gasteiger partial charge in [-0.1, -0.05) is 0 Å². The number of amides is 1. The summed E-state index contributed by atoms with van der Waals surface area (Å²) in [6.07, 6.45) is 0.513. The first kappa shape index (κ1) is 14.1. The molecule has 1 aliphatic heterocycles. The van der Waals surface area contributed by atoms with Gasteiger partial charge < -0.3 is 21.5 Å². The van der Waals surface area contributed by atoms with Gasteiger partial charge in [0.25, 0.3) is 0 Å². The number of carboxylic acid groups (broad SMARTS) is 1. The summed E-state index contributed by atoms with van der Waals surface area (Å²) in [6, 6.07) is 2.49. The Morgan fingerprint density at radius 2 is 2.10 bits per heavy atom. The number of aromatic carboxylic acids is 1. The first-order chi connectivity index (χ1) is 9.26. The number of nitrogens with zero attached hydrogens (tertiary/aromatic N) is 1. The number of rotatable bonds is 3. The van der Waals surface area contributed by atoms with Crippen molar-refractivity contribution in [2.24, 2.45) is 11.1 Å². The Balaban J connectivity index is 2.43. The van der Waals surface area contributed by atoms with Gasteiger partial charge in [-0.25, -0.2) is 9.18 Å². The standard InChI is InChI=1S/C13H16FN3O3/c1-13(12(16)20)4-5-17(6-13)8-3-2-7(14)10(15)9(8)11(18)19/h2-3H,4-6,15H2,1H3,(H2,16,20)(H,18,19). The molecule has 1 aromatic carbocycles. The Bertz CT molecular complexity index is 590. The van der Waals surface area contributed by atoms with E-state index in [2.05, 4.69) is 0 Å². The van der Waals surface area contributed by atoms with Crippen molar-refractivity contribution in [1.82, 2.24) is 0 Å². The highest BCUT2D eigenvalue weighted by Crippen LogP contribution is 2.36. The van der Waals surface area contributed by atoms with Gasteiger partial charge >= 0.3 is 5.97 Å². The first-order valence-electron chi connectivity index (χ1n) is 6.12. The van der Waals surface area contributed by atoms with Gasteiger partial charge in [-0.2, -0.15) is 0 Å². The third kappa shape index (κ3) is 2.15. The number of benzene rings is 1. The number of nitrogen functional groups attached to an aromatic ring is 1. The highest BCUT2D eigenvalue weighted by molar-refractivity contribution is 6.00. The van der Waals surface area contributed by atoms with E-state index in [9.17, 15) is 19.1 Å². The third-order valence-corrected chi connectivity index (χ3v) is 3.79. The van der Waals surface area contributed by atoms with Crippen LogP contribution in [0.5, 0.6) is 0 Å². The zero-order valence-corrected chi connectivity index (χ0v) is 11.0. The van der Waals surface area contributed by atoms with E-state index in [1.807, 2.05) is 0 Å². The number of anilines is 2. The quantitative estimate of drug-likeness (QED) is 0.710. The number of primary amides is 1. The molecule has 2 rings (SSSR count). The fraction of sp³-hybridized carbons (Fsp3) is 0.385. The SMILES string of the molecule is CC1(C(N)=O)CCN(c2ccc(F)c(N)c2C(=O)O)C1. The maximum absolute atomic E-state index is 13.4. The van der Waals surface area contributed by atoms with Crippen molar-refractivity contribution >= 4 is 23.3 Å². The lowest BCUT2D eigenvalue weighted by molar-refractivity contribution is -0.125. The van der Waals surface area contributed by atoms with Crippen LogP contribution in [-0.4, -0.2) is 30.1 Å². The molecule has 1 aliphatic rings. The number of nitrogens with two attached hydrogens (primary N) is 2. The molecule has 108 valence electrons. The number of carboxylic acids is 1. The van der Waals surface area contributed by atoms with E-state index in [4.69, 9.17) is 11.5 Å². The lowest BCUT2D eigenvalue weighted by Crippen LogP contribution is -2.37. The van der Waals surface area contributed by atoms with Crippen LogP contribution in [0.2, 0.25) is 0 Å². The van der Waals surface area contributed by atoms with E-state index in [0.29, 0.717) is 18.7 Å². The van der Waals surface area contributed by atoms with Crippen molar-refractivity contribution in [3.8, 4) is 0 Å². The summed E-state index contributed by atoms with van der Waals surface area (Å²) < 4.78 is 13.4. The predicted octanol–water partition coefficient (Wildman–Crippen LogP) is 0.808. The van der Waals surface area contributed by atoms with Gasteiger partial charge in [-0.15, -0.1) is 0 Å². The molecule has 0 spiro atoms. The van der Waals surface area contributed by atoms with Crippen molar-refractivity contribution < 1.29 is 19.1 Å². The second-order valence-corrected chi connectivity index (χ2v) is 5.26. The molecule has 5 N–H and O–H groups in total. The Hall–Kier alpha value is -2.31. The molecule has 1 fully saturated rings. The topological polar surface area (TPSA) is 110 Å². The largest absolute Gasteiger partial charge is 0.478 e. The molecule has 0 bridgehead atoms. The molecule has 1 heterocycles. The van der Waals surface area contributed by atoms with E-state index in [0.717, 1.165) is 6.07 Å². The molecule has 0 saturated carbocycles. The predicted molar refractivity (Wildman–Crippen MR) is 71.9 cm³/mol. The molecule has 1 atom stereocenters. The minimum absolute atomic E-state index is 0.279. The summed E-state index contributed by atoms with van der Waals surface area (Å²) in [6.45, 7) is 2.47. The van der Waals surface area contributed by atoms with Crippen LogP contribution in [-0.2, 0) is 4.79 Å². The highest BCUT2D eigenvalue weighted by atomic mass is 19.1. The number of hydrogen-bond donors (Lipinski definition) is 3. The van der Waals surface area contributed by atoms with Crippen LogP contribution < -0.4 is 16.4 Å². The average Bonchev–Trinajstić information content (AvgIpc) is 2.76. The molecular weight excluding hydrogens is 265 g/mol. The molecular formula is C13H16FN3O3. The molecule has 1 amide bonds. The Labute approximate surface area is 115 Å². The van der Waals surface area contributed by atoms with E-state index >= 15 is 0 Å². The van der Waals surface area contributed by atoms with Crippen LogP contribution in [0.4, 0.5) is 15.8 Å². The fourth-order valence-electron chi connectivity index (χ4n) is 2.44. The van der Waals surface area contributed by atoms with E-state index in [-0.39, 0.29) is 12.1 Å². The van der Waals surface area contributed by atoms with Gasteiger partial charge in [0.2, 0.25) is 5.91 Å². The summed E-state index contributed by atoms with van der Waals surface area (Å²) in [5.74, 6) is -2.51. The van der Waals surface area contributed by atoms with Gasteiger partial charge in [0.05, 0.1) is 16.8 Å². The van der Waals surface area contributed by atoms with Crippen LogP contribution in [0.1, 0.15) is 23.7 Å². The maximum Gasteiger partial charge on any atom is 0.340 e. The van der Waals surface area contributed by atoms with Crippen LogP contribution in [0.15, 0.2) is 12.1 Å². The lowest BCUT2D eigenvalue weighted by Gasteiger charge is -2.24. The van der Waals surface area contributed by atoms with Crippen molar-refractivity contribution in [1.29, 1.82) is 0 Å². The number of carbonyl (C=O) groups is 2. The van der Waals surface area contributed by atoms with Crippen LogP contribution in [0, 0.1) is 11.2 Å². The Morgan fingerprint density at radius 1 is 1.45 bits per heavy atom. The van der Waals surface area contributed by atoms with E-state index in [1.165, 1.54) is 6.07 Å².